The Morgan fingerprint density at radius 1 is 1.29 bits per heavy atom. The van der Waals surface area contributed by atoms with Crippen molar-refractivity contribution in [2.75, 3.05) is 36.4 Å². The monoisotopic (exact) mass is 291 g/mol. The number of nitrogens with zero attached hydrogens (tertiary/aromatic N) is 3. The quantitative estimate of drug-likeness (QED) is 0.832. The van der Waals surface area contributed by atoms with Gasteiger partial charge in [-0.05, 0) is 12.8 Å². The topological polar surface area (TPSA) is 70.2 Å². The van der Waals surface area contributed by atoms with Crippen molar-refractivity contribution in [3.8, 4) is 0 Å². The van der Waals surface area contributed by atoms with Crippen molar-refractivity contribution < 1.29 is 4.79 Å². The maximum Gasteiger partial charge on any atom is 0.221 e. The first kappa shape index (κ1) is 15.5. The fourth-order valence-corrected chi connectivity index (χ4v) is 2.32. The van der Waals surface area contributed by atoms with Gasteiger partial charge in [-0.1, -0.05) is 13.8 Å². The van der Waals surface area contributed by atoms with Gasteiger partial charge in [0.05, 0.1) is 0 Å². The fourth-order valence-electron chi connectivity index (χ4n) is 2.32. The molecule has 2 heterocycles. The van der Waals surface area contributed by atoms with Gasteiger partial charge in [0.25, 0.3) is 0 Å². The summed E-state index contributed by atoms with van der Waals surface area (Å²) in [6.07, 6.45) is 3.48. The Bertz CT molecular complexity index is 477. The van der Waals surface area contributed by atoms with E-state index in [9.17, 15) is 4.79 Å². The molecule has 0 spiro atoms. The number of aromatic nitrogens is 2. The highest BCUT2D eigenvalue weighted by Crippen LogP contribution is 2.18. The van der Waals surface area contributed by atoms with Gasteiger partial charge < -0.3 is 15.5 Å². The van der Waals surface area contributed by atoms with Crippen molar-refractivity contribution in [3.05, 3.63) is 11.9 Å². The number of hydrogen-bond acceptors (Lipinski definition) is 5. The molecule has 2 N–H and O–H groups in total. The van der Waals surface area contributed by atoms with Gasteiger partial charge in [0.2, 0.25) is 5.91 Å². The zero-order valence-electron chi connectivity index (χ0n) is 13.0. The number of anilines is 2. The summed E-state index contributed by atoms with van der Waals surface area (Å²) in [4.78, 5) is 22.8. The molecular formula is C15H25N5O. The summed E-state index contributed by atoms with van der Waals surface area (Å²) in [5.41, 5.74) is 0. The van der Waals surface area contributed by atoms with Gasteiger partial charge in [0.15, 0.2) is 0 Å². The molecule has 0 radical (unpaired) electrons. The van der Waals surface area contributed by atoms with E-state index in [1.54, 1.807) is 0 Å². The van der Waals surface area contributed by atoms with E-state index in [1.807, 2.05) is 6.07 Å². The first-order valence-corrected chi connectivity index (χ1v) is 7.86. The SMILES string of the molecule is CCCNc1cc(N2CCNC(=O)CC2)nc(CCC)n1. The largest absolute Gasteiger partial charge is 0.370 e. The average Bonchev–Trinajstić information content (AvgIpc) is 2.70. The van der Waals surface area contributed by atoms with Crippen LogP contribution in [0.1, 0.15) is 38.9 Å². The van der Waals surface area contributed by atoms with Crippen molar-refractivity contribution in [3.63, 3.8) is 0 Å². The fraction of sp³-hybridized carbons (Fsp3) is 0.667. The molecule has 21 heavy (non-hydrogen) atoms. The lowest BCUT2D eigenvalue weighted by molar-refractivity contribution is -0.120. The minimum absolute atomic E-state index is 0.115. The Morgan fingerprint density at radius 2 is 2.14 bits per heavy atom. The maximum atomic E-state index is 11.5. The Morgan fingerprint density at radius 3 is 2.90 bits per heavy atom. The molecule has 1 aliphatic rings. The van der Waals surface area contributed by atoms with Crippen molar-refractivity contribution in [1.29, 1.82) is 0 Å². The molecule has 0 bridgehead atoms. The van der Waals surface area contributed by atoms with Gasteiger partial charge in [-0.3, -0.25) is 4.79 Å². The summed E-state index contributed by atoms with van der Waals surface area (Å²) < 4.78 is 0. The van der Waals surface area contributed by atoms with Gasteiger partial charge in [0, 0.05) is 45.1 Å². The van der Waals surface area contributed by atoms with E-state index in [1.165, 1.54) is 0 Å². The molecule has 2 rings (SSSR count). The predicted octanol–water partition coefficient (Wildman–Crippen LogP) is 1.58. The second-order valence-electron chi connectivity index (χ2n) is 5.29. The molecule has 0 unspecified atom stereocenters. The first-order chi connectivity index (χ1) is 10.2. The standard InChI is InChI=1S/C15H25N5O/c1-3-5-12-18-13(16-7-4-2)11-14(19-12)20-9-6-15(21)17-8-10-20/h11H,3-10H2,1-2H3,(H,17,21)(H,16,18,19). The number of hydrogen-bond donors (Lipinski definition) is 2. The van der Waals surface area contributed by atoms with Crippen LogP contribution in [0.3, 0.4) is 0 Å². The van der Waals surface area contributed by atoms with Crippen LogP contribution < -0.4 is 15.5 Å². The minimum atomic E-state index is 0.115. The molecule has 1 saturated heterocycles. The molecule has 1 fully saturated rings. The lowest BCUT2D eigenvalue weighted by Crippen LogP contribution is -2.29. The van der Waals surface area contributed by atoms with E-state index < -0.39 is 0 Å². The number of nitrogens with one attached hydrogen (secondary N) is 2. The van der Waals surface area contributed by atoms with Crippen LogP contribution in [0, 0.1) is 0 Å². The Hall–Kier alpha value is -1.85. The van der Waals surface area contributed by atoms with Crippen molar-refractivity contribution >= 4 is 17.5 Å². The Labute approximate surface area is 126 Å². The van der Waals surface area contributed by atoms with E-state index in [-0.39, 0.29) is 5.91 Å². The normalized spacial score (nSPS) is 15.5. The van der Waals surface area contributed by atoms with Gasteiger partial charge in [-0.25, -0.2) is 9.97 Å². The molecule has 116 valence electrons. The van der Waals surface area contributed by atoms with Crippen LogP contribution in [0.2, 0.25) is 0 Å². The zero-order chi connectivity index (χ0) is 15.1. The van der Waals surface area contributed by atoms with Crippen LogP contribution in [-0.4, -0.2) is 42.1 Å². The van der Waals surface area contributed by atoms with Crippen LogP contribution in [0.5, 0.6) is 0 Å². The second-order valence-corrected chi connectivity index (χ2v) is 5.29. The highest BCUT2D eigenvalue weighted by molar-refractivity contribution is 5.77. The summed E-state index contributed by atoms with van der Waals surface area (Å²) in [6.45, 7) is 7.34. The lowest BCUT2D eigenvalue weighted by atomic mass is 10.3. The van der Waals surface area contributed by atoms with Crippen molar-refractivity contribution in [1.82, 2.24) is 15.3 Å². The van der Waals surface area contributed by atoms with Crippen LogP contribution in [0.15, 0.2) is 6.07 Å². The summed E-state index contributed by atoms with van der Waals surface area (Å²) in [5.74, 6) is 2.79. The Balaban J connectivity index is 2.19. The number of carbonyl (C=O) groups excluding carboxylic acids is 1. The van der Waals surface area contributed by atoms with E-state index in [2.05, 4.69) is 39.3 Å². The van der Waals surface area contributed by atoms with E-state index in [4.69, 9.17) is 0 Å². The number of rotatable bonds is 6. The smallest absolute Gasteiger partial charge is 0.221 e. The van der Waals surface area contributed by atoms with Gasteiger partial charge >= 0.3 is 0 Å². The Kier molecular flexibility index (Phi) is 5.78. The molecule has 1 amide bonds. The molecule has 0 atom stereocenters. The van der Waals surface area contributed by atoms with E-state index >= 15 is 0 Å². The highest BCUT2D eigenvalue weighted by Gasteiger charge is 2.16. The minimum Gasteiger partial charge on any atom is -0.370 e. The van der Waals surface area contributed by atoms with Crippen LogP contribution >= 0.6 is 0 Å². The van der Waals surface area contributed by atoms with Crippen LogP contribution in [0.4, 0.5) is 11.6 Å². The van der Waals surface area contributed by atoms with Gasteiger partial charge in [0.1, 0.15) is 17.5 Å². The highest BCUT2D eigenvalue weighted by atomic mass is 16.1. The third-order valence-corrected chi connectivity index (χ3v) is 3.43. The van der Waals surface area contributed by atoms with Crippen molar-refractivity contribution in [2.24, 2.45) is 0 Å². The summed E-state index contributed by atoms with van der Waals surface area (Å²) >= 11 is 0. The third-order valence-electron chi connectivity index (χ3n) is 3.43. The average molecular weight is 291 g/mol. The first-order valence-electron chi connectivity index (χ1n) is 7.86. The van der Waals surface area contributed by atoms with Gasteiger partial charge in [-0.15, -0.1) is 0 Å². The van der Waals surface area contributed by atoms with Crippen LogP contribution in [0.25, 0.3) is 0 Å². The van der Waals surface area contributed by atoms with Crippen molar-refractivity contribution in [2.45, 2.75) is 39.5 Å². The number of aryl methyl sites for hydroxylation is 1. The predicted molar refractivity (Wildman–Crippen MR) is 84.6 cm³/mol. The summed E-state index contributed by atoms with van der Waals surface area (Å²) in [5, 5.41) is 6.23. The van der Waals surface area contributed by atoms with Crippen LogP contribution in [-0.2, 0) is 11.2 Å². The number of carbonyl (C=O) groups is 1. The summed E-state index contributed by atoms with van der Waals surface area (Å²) in [6, 6.07) is 1.99. The lowest BCUT2D eigenvalue weighted by Gasteiger charge is -2.22. The maximum absolute atomic E-state index is 11.5. The molecular weight excluding hydrogens is 266 g/mol. The number of amides is 1. The molecule has 1 aliphatic heterocycles. The molecule has 0 aliphatic carbocycles. The molecule has 6 nitrogen and oxygen atoms in total. The molecule has 1 aromatic rings. The molecule has 0 aromatic carbocycles. The molecule has 6 heteroatoms. The van der Waals surface area contributed by atoms with Gasteiger partial charge in [-0.2, -0.15) is 0 Å². The molecule has 0 saturated carbocycles. The summed E-state index contributed by atoms with van der Waals surface area (Å²) in [7, 11) is 0. The van der Waals surface area contributed by atoms with E-state index in [0.717, 1.165) is 49.8 Å². The zero-order valence-corrected chi connectivity index (χ0v) is 13.0. The molecule has 1 aromatic heterocycles. The second kappa shape index (κ2) is 7.81. The van der Waals surface area contributed by atoms with E-state index in [0.29, 0.717) is 19.5 Å². The third kappa shape index (κ3) is 4.58.